The molecule has 1 saturated heterocycles. The van der Waals surface area contributed by atoms with Crippen LogP contribution in [0.25, 0.3) is 0 Å². The topological polar surface area (TPSA) is 83.4 Å². The zero-order valence-electron chi connectivity index (χ0n) is 11.0. The number of aryl methyl sites for hydroxylation is 1. The van der Waals surface area contributed by atoms with Crippen LogP contribution in [-0.2, 0) is 21.5 Å². The molecule has 1 aromatic heterocycles. The lowest BCUT2D eigenvalue weighted by atomic mass is 9.93. The fourth-order valence-corrected chi connectivity index (χ4v) is 2.11. The zero-order valence-corrected chi connectivity index (χ0v) is 11.0. The molecule has 0 bridgehead atoms. The second kappa shape index (κ2) is 5.77. The van der Waals surface area contributed by atoms with Crippen molar-refractivity contribution in [3.05, 3.63) is 11.7 Å². The van der Waals surface area contributed by atoms with Gasteiger partial charge in [-0.2, -0.15) is 4.98 Å². The summed E-state index contributed by atoms with van der Waals surface area (Å²) in [7, 11) is 1.68. The summed E-state index contributed by atoms with van der Waals surface area (Å²) in [5, 5.41) is 4.05. The number of rotatable bonds is 5. The normalized spacial score (nSPS) is 20.8. The smallest absolute Gasteiger partial charge is 0.226 e. The quantitative estimate of drug-likeness (QED) is 0.845. The summed E-state index contributed by atoms with van der Waals surface area (Å²) in [6, 6.07) is 0.139. The molecule has 1 fully saturated rings. The monoisotopic (exact) mass is 255 g/mol. The fraction of sp³-hybridized carbons (Fsp3) is 0.833. The summed E-state index contributed by atoms with van der Waals surface area (Å²) in [6.07, 6.45) is 3.07. The summed E-state index contributed by atoms with van der Waals surface area (Å²) in [6.45, 7) is 3.29. The van der Waals surface area contributed by atoms with Crippen LogP contribution in [0.2, 0.25) is 0 Å². The van der Waals surface area contributed by atoms with E-state index in [9.17, 15) is 0 Å². The van der Waals surface area contributed by atoms with Gasteiger partial charge in [0.25, 0.3) is 0 Å². The van der Waals surface area contributed by atoms with E-state index in [1.54, 1.807) is 7.11 Å². The van der Waals surface area contributed by atoms with E-state index in [1.807, 2.05) is 6.92 Å². The molecule has 0 saturated carbocycles. The van der Waals surface area contributed by atoms with Gasteiger partial charge in [0.1, 0.15) is 5.60 Å². The van der Waals surface area contributed by atoms with Crippen molar-refractivity contribution >= 4 is 0 Å². The molecule has 0 amide bonds. The number of hydrogen-bond acceptors (Lipinski definition) is 6. The van der Waals surface area contributed by atoms with Crippen LogP contribution in [0.1, 0.15) is 37.9 Å². The average molecular weight is 255 g/mol. The Kier molecular flexibility index (Phi) is 4.31. The predicted molar refractivity (Wildman–Crippen MR) is 65.0 cm³/mol. The molecule has 6 heteroatoms. The highest BCUT2D eigenvalue weighted by atomic mass is 16.5. The molecule has 1 aromatic rings. The molecular weight excluding hydrogens is 234 g/mol. The molecule has 0 radical (unpaired) electrons. The minimum absolute atomic E-state index is 0.139. The summed E-state index contributed by atoms with van der Waals surface area (Å²) >= 11 is 0. The highest BCUT2D eigenvalue weighted by Gasteiger charge is 2.39. The molecule has 2 heterocycles. The van der Waals surface area contributed by atoms with Crippen LogP contribution in [-0.4, -0.2) is 36.5 Å². The maximum absolute atomic E-state index is 5.71. The van der Waals surface area contributed by atoms with Gasteiger partial charge in [-0.15, -0.1) is 0 Å². The third-order valence-corrected chi connectivity index (χ3v) is 3.38. The van der Waals surface area contributed by atoms with Crippen molar-refractivity contribution in [3.63, 3.8) is 0 Å². The molecule has 2 rings (SSSR count). The lowest BCUT2D eigenvalue weighted by molar-refractivity contribution is -0.101. The van der Waals surface area contributed by atoms with E-state index in [0.717, 1.165) is 19.3 Å². The molecule has 0 spiro atoms. The van der Waals surface area contributed by atoms with Crippen molar-refractivity contribution in [2.75, 3.05) is 20.3 Å². The van der Waals surface area contributed by atoms with Crippen molar-refractivity contribution in [3.8, 4) is 0 Å². The molecule has 1 aliphatic heterocycles. The van der Waals surface area contributed by atoms with Gasteiger partial charge in [0.05, 0.1) is 0 Å². The van der Waals surface area contributed by atoms with E-state index in [0.29, 0.717) is 31.3 Å². The van der Waals surface area contributed by atoms with Gasteiger partial charge in [0, 0.05) is 45.6 Å². The van der Waals surface area contributed by atoms with E-state index < -0.39 is 5.60 Å². The lowest BCUT2D eigenvalue weighted by Gasteiger charge is -2.32. The highest BCUT2D eigenvalue weighted by Crippen LogP contribution is 2.33. The molecule has 0 aromatic carbocycles. The molecule has 18 heavy (non-hydrogen) atoms. The average Bonchev–Trinajstić information content (AvgIpc) is 2.86. The number of nitrogens with zero attached hydrogens (tertiary/aromatic N) is 2. The van der Waals surface area contributed by atoms with E-state index in [1.165, 1.54) is 0 Å². The number of aromatic nitrogens is 2. The van der Waals surface area contributed by atoms with E-state index in [-0.39, 0.29) is 6.04 Å². The molecular formula is C12H21N3O3. The lowest BCUT2D eigenvalue weighted by Crippen LogP contribution is -2.36. The number of hydrogen-bond donors (Lipinski definition) is 1. The van der Waals surface area contributed by atoms with Crippen molar-refractivity contribution in [2.45, 2.75) is 44.2 Å². The number of methoxy groups -OCH3 is 1. The minimum Gasteiger partial charge on any atom is -0.381 e. The molecule has 2 N–H and O–H groups in total. The third-order valence-electron chi connectivity index (χ3n) is 3.38. The minimum atomic E-state index is -0.450. The van der Waals surface area contributed by atoms with Crippen LogP contribution >= 0.6 is 0 Å². The van der Waals surface area contributed by atoms with Crippen LogP contribution in [0.5, 0.6) is 0 Å². The van der Waals surface area contributed by atoms with Crippen LogP contribution < -0.4 is 5.73 Å². The van der Waals surface area contributed by atoms with Gasteiger partial charge in [-0.25, -0.2) is 0 Å². The Balaban J connectivity index is 2.07. The van der Waals surface area contributed by atoms with Crippen molar-refractivity contribution < 1.29 is 14.0 Å². The van der Waals surface area contributed by atoms with E-state index in [2.05, 4.69) is 10.1 Å². The maximum Gasteiger partial charge on any atom is 0.226 e. The van der Waals surface area contributed by atoms with Gasteiger partial charge in [0.15, 0.2) is 0 Å². The summed E-state index contributed by atoms with van der Waals surface area (Å²) in [4.78, 5) is 4.43. The van der Waals surface area contributed by atoms with Crippen molar-refractivity contribution in [1.82, 2.24) is 10.1 Å². The van der Waals surface area contributed by atoms with Crippen LogP contribution in [0, 0.1) is 0 Å². The zero-order chi connectivity index (χ0) is 13.0. The van der Waals surface area contributed by atoms with Gasteiger partial charge in [-0.1, -0.05) is 5.16 Å². The van der Waals surface area contributed by atoms with Crippen molar-refractivity contribution in [2.24, 2.45) is 5.73 Å². The molecule has 1 aliphatic rings. The predicted octanol–water partition coefficient (Wildman–Crippen LogP) is 1.00. The Labute approximate surface area is 107 Å². The van der Waals surface area contributed by atoms with Gasteiger partial charge >= 0.3 is 0 Å². The Morgan fingerprint density at radius 2 is 2.17 bits per heavy atom. The number of ether oxygens (including phenoxy) is 2. The Morgan fingerprint density at radius 1 is 1.44 bits per heavy atom. The Morgan fingerprint density at radius 3 is 2.78 bits per heavy atom. The molecule has 1 atom stereocenters. The van der Waals surface area contributed by atoms with Gasteiger partial charge < -0.3 is 19.7 Å². The van der Waals surface area contributed by atoms with Crippen molar-refractivity contribution in [1.29, 1.82) is 0 Å². The van der Waals surface area contributed by atoms with Gasteiger partial charge in [-0.3, -0.25) is 0 Å². The van der Waals surface area contributed by atoms with Crippen LogP contribution in [0.4, 0.5) is 0 Å². The molecule has 102 valence electrons. The van der Waals surface area contributed by atoms with Gasteiger partial charge in [-0.05, 0) is 13.3 Å². The molecule has 6 nitrogen and oxygen atoms in total. The highest BCUT2D eigenvalue weighted by molar-refractivity contribution is 5.03. The second-order valence-electron chi connectivity index (χ2n) is 4.84. The van der Waals surface area contributed by atoms with E-state index in [4.69, 9.17) is 19.7 Å². The van der Waals surface area contributed by atoms with E-state index >= 15 is 0 Å². The van der Waals surface area contributed by atoms with Crippen LogP contribution in [0.15, 0.2) is 4.52 Å². The van der Waals surface area contributed by atoms with Crippen LogP contribution in [0.3, 0.4) is 0 Å². The standard InChI is InChI=1S/C12H21N3O3/c1-9(13)3-4-10-14-11(15-18-10)12(16-2)5-7-17-8-6-12/h9H,3-8,13H2,1-2H3. The third kappa shape index (κ3) is 2.88. The van der Waals surface area contributed by atoms with Gasteiger partial charge in [0.2, 0.25) is 11.7 Å². The maximum atomic E-state index is 5.71. The Hall–Kier alpha value is -0.980. The summed E-state index contributed by atoms with van der Waals surface area (Å²) in [5.74, 6) is 1.26. The Bertz CT molecular complexity index is 372. The largest absolute Gasteiger partial charge is 0.381 e. The molecule has 0 aliphatic carbocycles. The first-order chi connectivity index (χ1) is 8.66. The first-order valence-electron chi connectivity index (χ1n) is 6.38. The first-order valence-corrected chi connectivity index (χ1v) is 6.38. The molecule has 1 unspecified atom stereocenters. The SMILES string of the molecule is COC1(c2noc(CCC(C)N)n2)CCOCC1. The summed E-state index contributed by atoms with van der Waals surface area (Å²) in [5.41, 5.74) is 5.26. The summed E-state index contributed by atoms with van der Waals surface area (Å²) < 4.78 is 16.2. The second-order valence-corrected chi connectivity index (χ2v) is 4.84. The fourth-order valence-electron chi connectivity index (χ4n) is 2.11. The number of nitrogens with two attached hydrogens (primary N) is 1. The first kappa shape index (κ1) is 13.5.